The third-order valence-electron chi connectivity index (χ3n) is 3.27. The van der Waals surface area contributed by atoms with Crippen molar-refractivity contribution in [2.75, 3.05) is 10.6 Å². The second-order valence-electron chi connectivity index (χ2n) is 5.07. The maximum absolute atomic E-state index is 13.3. The molecule has 3 aromatic rings. The van der Waals surface area contributed by atoms with E-state index in [0.717, 1.165) is 22.9 Å². The molecule has 10 heteroatoms. The molecule has 0 atom stereocenters. The first-order valence-electron chi connectivity index (χ1n) is 7.18. The van der Waals surface area contributed by atoms with Crippen LogP contribution in [0.4, 0.5) is 37.5 Å². The summed E-state index contributed by atoms with van der Waals surface area (Å²) in [7, 11) is 0. The van der Waals surface area contributed by atoms with E-state index in [4.69, 9.17) is 0 Å². The fourth-order valence-electron chi connectivity index (χ4n) is 2.15. The Morgan fingerprint density at radius 2 is 1.62 bits per heavy atom. The second kappa shape index (κ2) is 7.40. The van der Waals surface area contributed by atoms with Crippen molar-refractivity contribution in [2.45, 2.75) is 0 Å². The third-order valence-corrected chi connectivity index (χ3v) is 3.77. The van der Waals surface area contributed by atoms with Gasteiger partial charge in [0.1, 0.15) is 6.33 Å². The average Bonchev–Trinajstić information content (AvgIpc) is 2.58. The van der Waals surface area contributed by atoms with Gasteiger partial charge in [-0.1, -0.05) is 22.0 Å². The highest BCUT2D eigenvalue weighted by Crippen LogP contribution is 2.33. The van der Waals surface area contributed by atoms with Crippen LogP contribution >= 0.6 is 15.9 Å². The predicted octanol–water partition coefficient (Wildman–Crippen LogP) is 4.91. The lowest BCUT2D eigenvalue weighted by molar-refractivity contribution is -0.383. The van der Waals surface area contributed by atoms with Gasteiger partial charge in [0.2, 0.25) is 11.6 Å². The van der Waals surface area contributed by atoms with Crippen molar-refractivity contribution in [2.24, 2.45) is 0 Å². The summed E-state index contributed by atoms with van der Waals surface area (Å²) in [5, 5.41) is 17.0. The van der Waals surface area contributed by atoms with Crippen LogP contribution in [0, 0.1) is 21.7 Å². The highest BCUT2D eigenvalue weighted by Gasteiger charge is 2.23. The number of aromatic nitrogens is 2. The molecule has 0 saturated carbocycles. The Labute approximate surface area is 154 Å². The molecule has 0 fully saturated rings. The van der Waals surface area contributed by atoms with E-state index in [2.05, 4.69) is 36.5 Å². The molecule has 7 nitrogen and oxygen atoms in total. The molecule has 0 radical (unpaired) electrons. The SMILES string of the molecule is O=[N+]([O-])c1c(Nc2cccc(Br)c2)ncnc1Nc1ccc(F)c(F)c1. The number of halogens is 3. The van der Waals surface area contributed by atoms with E-state index in [1.54, 1.807) is 24.3 Å². The lowest BCUT2D eigenvalue weighted by Crippen LogP contribution is -2.05. The highest BCUT2D eigenvalue weighted by molar-refractivity contribution is 9.10. The Morgan fingerprint density at radius 3 is 2.19 bits per heavy atom. The van der Waals surface area contributed by atoms with Gasteiger partial charge in [-0.15, -0.1) is 0 Å². The summed E-state index contributed by atoms with van der Waals surface area (Å²) >= 11 is 3.31. The third kappa shape index (κ3) is 3.91. The van der Waals surface area contributed by atoms with Crippen LogP contribution in [0.5, 0.6) is 0 Å². The van der Waals surface area contributed by atoms with Crippen LogP contribution in [-0.2, 0) is 0 Å². The van der Waals surface area contributed by atoms with Gasteiger partial charge < -0.3 is 10.6 Å². The van der Waals surface area contributed by atoms with E-state index < -0.39 is 22.2 Å². The molecule has 1 heterocycles. The summed E-state index contributed by atoms with van der Waals surface area (Å²) < 4.78 is 27.2. The van der Waals surface area contributed by atoms with E-state index in [9.17, 15) is 18.9 Å². The fraction of sp³-hybridized carbons (Fsp3) is 0. The molecule has 0 aliphatic carbocycles. The van der Waals surface area contributed by atoms with Gasteiger partial charge in [0.05, 0.1) is 4.92 Å². The van der Waals surface area contributed by atoms with Gasteiger partial charge in [-0.05, 0) is 30.3 Å². The summed E-state index contributed by atoms with van der Waals surface area (Å²) in [4.78, 5) is 18.6. The molecule has 0 amide bonds. The van der Waals surface area contributed by atoms with E-state index in [1.807, 2.05) is 0 Å². The molecular formula is C16H10BrF2N5O2. The first-order chi connectivity index (χ1) is 12.4. The van der Waals surface area contributed by atoms with E-state index in [-0.39, 0.29) is 17.3 Å². The molecule has 2 aromatic carbocycles. The Hall–Kier alpha value is -3.14. The number of hydrogen-bond acceptors (Lipinski definition) is 6. The second-order valence-corrected chi connectivity index (χ2v) is 5.98. The predicted molar refractivity (Wildman–Crippen MR) is 95.8 cm³/mol. The van der Waals surface area contributed by atoms with Crippen molar-refractivity contribution in [3.8, 4) is 0 Å². The number of benzene rings is 2. The first-order valence-corrected chi connectivity index (χ1v) is 7.97. The van der Waals surface area contributed by atoms with Gasteiger partial charge in [-0.3, -0.25) is 10.1 Å². The van der Waals surface area contributed by atoms with Crippen LogP contribution in [0.25, 0.3) is 0 Å². The standard InChI is InChI=1S/C16H10BrF2N5O2/c17-9-2-1-3-10(6-9)22-15-14(24(25)26)16(21-8-20-15)23-11-4-5-12(18)13(19)7-11/h1-8H,(H2,20,21,22,23). The Morgan fingerprint density at radius 1 is 0.962 bits per heavy atom. The van der Waals surface area contributed by atoms with Gasteiger partial charge in [0.25, 0.3) is 0 Å². The van der Waals surface area contributed by atoms with Gasteiger partial charge in [-0.2, -0.15) is 0 Å². The normalized spacial score (nSPS) is 10.4. The Bertz CT molecular complexity index is 987. The number of rotatable bonds is 5. The monoisotopic (exact) mass is 421 g/mol. The topological polar surface area (TPSA) is 93.0 Å². The van der Waals surface area contributed by atoms with Crippen molar-refractivity contribution in [1.82, 2.24) is 9.97 Å². The minimum Gasteiger partial charge on any atom is -0.334 e. The molecular weight excluding hydrogens is 412 g/mol. The minimum atomic E-state index is -1.08. The highest BCUT2D eigenvalue weighted by atomic mass is 79.9. The Balaban J connectivity index is 1.98. The average molecular weight is 422 g/mol. The van der Waals surface area contributed by atoms with Gasteiger partial charge in [-0.25, -0.2) is 18.7 Å². The van der Waals surface area contributed by atoms with Crippen molar-refractivity contribution in [3.05, 3.63) is 75.0 Å². The molecule has 0 aliphatic heterocycles. The number of nitrogens with zero attached hydrogens (tertiary/aromatic N) is 3. The number of hydrogen-bond donors (Lipinski definition) is 2. The van der Waals surface area contributed by atoms with Gasteiger partial charge in [0.15, 0.2) is 11.6 Å². The van der Waals surface area contributed by atoms with Crippen LogP contribution in [0.3, 0.4) is 0 Å². The van der Waals surface area contributed by atoms with Crippen LogP contribution in [0.15, 0.2) is 53.3 Å². The first kappa shape index (κ1) is 17.7. The number of nitro groups is 1. The molecule has 0 spiro atoms. The zero-order valence-corrected chi connectivity index (χ0v) is 14.5. The zero-order valence-electron chi connectivity index (χ0n) is 12.9. The van der Waals surface area contributed by atoms with Crippen LogP contribution in [0.1, 0.15) is 0 Å². The molecule has 132 valence electrons. The lowest BCUT2D eigenvalue weighted by atomic mass is 10.3. The molecule has 0 saturated heterocycles. The lowest BCUT2D eigenvalue weighted by Gasteiger charge is -2.10. The summed E-state index contributed by atoms with van der Waals surface area (Å²) in [6.45, 7) is 0. The molecule has 0 aliphatic rings. The van der Waals surface area contributed by atoms with Crippen LogP contribution in [-0.4, -0.2) is 14.9 Å². The minimum absolute atomic E-state index is 0.0480. The summed E-state index contributed by atoms with van der Waals surface area (Å²) in [6.07, 6.45) is 1.12. The summed E-state index contributed by atoms with van der Waals surface area (Å²) in [5.74, 6) is -2.31. The van der Waals surface area contributed by atoms with Crippen molar-refractivity contribution >= 4 is 44.6 Å². The Kier molecular flexibility index (Phi) is 5.03. The van der Waals surface area contributed by atoms with Crippen molar-refractivity contribution in [3.63, 3.8) is 0 Å². The van der Waals surface area contributed by atoms with E-state index in [1.165, 1.54) is 6.07 Å². The smallest absolute Gasteiger partial charge is 0.334 e. The maximum atomic E-state index is 13.3. The summed E-state index contributed by atoms with van der Waals surface area (Å²) in [6, 6.07) is 10.0. The van der Waals surface area contributed by atoms with E-state index >= 15 is 0 Å². The summed E-state index contributed by atoms with van der Waals surface area (Å²) in [5.41, 5.74) is 0.247. The fourth-order valence-corrected chi connectivity index (χ4v) is 2.55. The number of anilines is 4. The van der Waals surface area contributed by atoms with Crippen LogP contribution in [0.2, 0.25) is 0 Å². The maximum Gasteiger partial charge on any atom is 0.353 e. The van der Waals surface area contributed by atoms with Crippen LogP contribution < -0.4 is 10.6 Å². The molecule has 3 rings (SSSR count). The van der Waals surface area contributed by atoms with Crippen molar-refractivity contribution < 1.29 is 13.7 Å². The zero-order chi connectivity index (χ0) is 18.7. The molecule has 2 N–H and O–H groups in total. The van der Waals surface area contributed by atoms with Gasteiger partial charge >= 0.3 is 5.69 Å². The molecule has 1 aromatic heterocycles. The largest absolute Gasteiger partial charge is 0.353 e. The van der Waals surface area contributed by atoms with E-state index in [0.29, 0.717) is 5.69 Å². The molecule has 0 unspecified atom stereocenters. The van der Waals surface area contributed by atoms with Gasteiger partial charge in [0, 0.05) is 21.9 Å². The number of nitrogens with one attached hydrogen (secondary N) is 2. The molecule has 0 bridgehead atoms. The molecule has 26 heavy (non-hydrogen) atoms. The van der Waals surface area contributed by atoms with Crippen molar-refractivity contribution in [1.29, 1.82) is 0 Å². The quantitative estimate of drug-likeness (QED) is 0.448.